The van der Waals surface area contributed by atoms with E-state index in [-0.39, 0.29) is 0 Å². The second-order valence-corrected chi connectivity index (χ2v) is 8.85. The number of hydrogen-bond donors (Lipinski definition) is 2. The molecule has 1 unspecified atom stereocenters. The summed E-state index contributed by atoms with van der Waals surface area (Å²) in [6.45, 7) is 0. The molecular weight excluding hydrogens is 448 g/mol. The van der Waals surface area contributed by atoms with Crippen LogP contribution < -0.4 is 11.1 Å². The Morgan fingerprint density at radius 3 is 2.23 bits per heavy atom. The molecule has 1 aliphatic rings. The lowest BCUT2D eigenvalue weighted by Gasteiger charge is -2.40. The van der Waals surface area contributed by atoms with Crippen LogP contribution in [0.2, 0.25) is 0 Å². The van der Waals surface area contributed by atoms with Crippen molar-refractivity contribution in [1.82, 2.24) is 0 Å². The summed E-state index contributed by atoms with van der Waals surface area (Å²) in [6.07, 6.45) is 5.50. The van der Waals surface area contributed by atoms with Gasteiger partial charge in [-0.15, -0.1) is 0 Å². The smallest absolute Gasteiger partial charge is 0.221 e. The number of nitrogens with one attached hydrogen (secondary N) is 1. The third kappa shape index (κ3) is 4.77. The Labute approximate surface area is 193 Å². The Bertz CT molecular complexity index is 1050. The molecule has 160 valence electrons. The third-order valence-corrected chi connectivity index (χ3v) is 6.59. The predicted molar refractivity (Wildman–Crippen MR) is 134 cm³/mol. The summed E-state index contributed by atoms with van der Waals surface area (Å²) in [6, 6.07) is 27.2. The van der Waals surface area contributed by atoms with E-state index in [1.165, 1.54) is 23.1 Å². The molecule has 31 heavy (non-hydrogen) atoms. The Balaban J connectivity index is 1.64. The van der Waals surface area contributed by atoms with E-state index < -0.39 is 5.85 Å². The quantitative estimate of drug-likeness (QED) is 0.276. The van der Waals surface area contributed by atoms with Gasteiger partial charge in [-0.2, -0.15) is 0 Å². The fourth-order valence-electron chi connectivity index (χ4n) is 4.40. The zero-order valence-corrected chi connectivity index (χ0v) is 19.5. The molecule has 3 nitrogen and oxygen atoms in total. The summed E-state index contributed by atoms with van der Waals surface area (Å²) in [5.74, 6) is -1.07. The summed E-state index contributed by atoms with van der Waals surface area (Å²) in [4.78, 5) is 0. The average molecular weight is 477 g/mol. The molecule has 0 bridgehead atoms. The molecule has 1 heterocycles. The first-order chi connectivity index (χ1) is 15.1. The topological polar surface area (TPSA) is 47.3 Å². The van der Waals surface area contributed by atoms with Gasteiger partial charge in [0.1, 0.15) is 0 Å². The minimum absolute atomic E-state index is 0.943. The maximum absolute atomic E-state index is 6.79. The lowest BCUT2D eigenvalue weighted by Crippen LogP contribution is -2.52. The zero-order valence-electron chi connectivity index (χ0n) is 17.9. The summed E-state index contributed by atoms with van der Waals surface area (Å²) >= 11 is 3.78. The fourth-order valence-corrected chi connectivity index (χ4v) is 5.00. The molecule has 4 heteroatoms. The number of benzene rings is 3. The number of unbranched alkanes of at least 4 members (excludes halogenated alkanes) is 2. The summed E-state index contributed by atoms with van der Waals surface area (Å²) in [5, 5.41) is 3.43. The van der Waals surface area contributed by atoms with Crippen molar-refractivity contribution in [2.24, 2.45) is 5.73 Å². The predicted octanol–water partition coefficient (Wildman–Crippen LogP) is 6.85. The molecule has 0 saturated carbocycles. The Morgan fingerprint density at radius 1 is 0.839 bits per heavy atom. The number of hydrogen-bond acceptors (Lipinski definition) is 3. The van der Waals surface area contributed by atoms with Gasteiger partial charge in [0, 0.05) is 28.4 Å². The van der Waals surface area contributed by atoms with Gasteiger partial charge in [0.15, 0.2) is 0 Å². The van der Waals surface area contributed by atoms with Crippen LogP contribution in [0.4, 0.5) is 5.69 Å². The van der Waals surface area contributed by atoms with Crippen molar-refractivity contribution in [2.75, 3.05) is 12.4 Å². The monoisotopic (exact) mass is 476 g/mol. The van der Waals surface area contributed by atoms with Crippen molar-refractivity contribution in [3.63, 3.8) is 0 Å². The van der Waals surface area contributed by atoms with Crippen molar-refractivity contribution < 1.29 is 4.74 Å². The molecule has 0 radical (unpaired) electrons. The molecule has 0 amide bonds. The SMILES string of the molecule is COC1(N)Nc2cccc(Br)c2C(CCCCCc2ccccc2)=C1c1ccccc1. The maximum atomic E-state index is 6.79. The van der Waals surface area contributed by atoms with Crippen LogP contribution in [0.5, 0.6) is 0 Å². The highest BCUT2D eigenvalue weighted by molar-refractivity contribution is 9.10. The first-order valence-electron chi connectivity index (χ1n) is 10.9. The van der Waals surface area contributed by atoms with Crippen molar-refractivity contribution in [3.05, 3.63) is 100 Å². The fraction of sp³-hybridized carbons (Fsp3) is 0.259. The molecule has 3 aromatic carbocycles. The van der Waals surface area contributed by atoms with Crippen LogP contribution in [-0.2, 0) is 11.2 Å². The highest BCUT2D eigenvalue weighted by atomic mass is 79.9. The second kappa shape index (κ2) is 9.82. The largest absolute Gasteiger partial charge is 0.342 e. The van der Waals surface area contributed by atoms with Crippen molar-refractivity contribution >= 4 is 32.8 Å². The van der Waals surface area contributed by atoms with Gasteiger partial charge in [-0.25, -0.2) is 0 Å². The molecule has 3 N–H and O–H groups in total. The standard InChI is InChI=1S/C27H29BrN2O/c1-31-27(29)26(21-15-8-4-9-16-21)22(25-23(28)18-11-19-24(25)30-27)17-10-3-7-14-20-12-5-2-6-13-20/h2,4-6,8-9,11-13,15-16,18-19,30H,3,7,10,14,17,29H2,1H3. The molecule has 3 aromatic rings. The van der Waals surface area contributed by atoms with Gasteiger partial charge in [0.05, 0.1) is 0 Å². The molecule has 4 rings (SSSR count). The third-order valence-electron chi connectivity index (χ3n) is 5.93. The summed E-state index contributed by atoms with van der Waals surface area (Å²) in [5.41, 5.74) is 13.7. The van der Waals surface area contributed by atoms with E-state index in [1.807, 2.05) is 24.3 Å². The zero-order chi connectivity index (χ0) is 21.7. The first-order valence-corrected chi connectivity index (χ1v) is 11.7. The van der Waals surface area contributed by atoms with Gasteiger partial charge in [-0.1, -0.05) is 89.1 Å². The Morgan fingerprint density at radius 2 is 1.52 bits per heavy atom. The second-order valence-electron chi connectivity index (χ2n) is 7.99. The number of rotatable bonds is 8. The lowest BCUT2D eigenvalue weighted by molar-refractivity contribution is 0.0711. The van der Waals surface area contributed by atoms with Gasteiger partial charge in [-0.05, 0) is 54.5 Å². The number of nitrogens with two attached hydrogens (primary N) is 1. The van der Waals surface area contributed by atoms with Crippen molar-refractivity contribution in [2.45, 2.75) is 38.0 Å². The minimum Gasteiger partial charge on any atom is -0.342 e. The molecular formula is C27H29BrN2O. The van der Waals surface area contributed by atoms with Crippen LogP contribution in [-0.4, -0.2) is 13.0 Å². The molecule has 0 spiro atoms. The Hall–Kier alpha value is -2.40. The van der Waals surface area contributed by atoms with Crippen LogP contribution in [0.1, 0.15) is 42.4 Å². The normalized spacial score (nSPS) is 17.9. The number of ether oxygens (including phenoxy) is 1. The van der Waals surface area contributed by atoms with Crippen molar-refractivity contribution in [3.8, 4) is 0 Å². The maximum Gasteiger partial charge on any atom is 0.221 e. The molecule has 0 fully saturated rings. The number of halogens is 1. The number of allylic oxidation sites excluding steroid dienone is 1. The van der Waals surface area contributed by atoms with E-state index in [4.69, 9.17) is 10.5 Å². The summed E-state index contributed by atoms with van der Waals surface area (Å²) in [7, 11) is 1.66. The molecule has 0 saturated heterocycles. The highest BCUT2D eigenvalue weighted by Crippen LogP contribution is 2.46. The van der Waals surface area contributed by atoms with E-state index in [2.05, 4.69) is 75.8 Å². The van der Waals surface area contributed by atoms with E-state index >= 15 is 0 Å². The van der Waals surface area contributed by atoms with E-state index in [0.717, 1.165) is 47.0 Å². The van der Waals surface area contributed by atoms with Crippen LogP contribution in [0.25, 0.3) is 11.1 Å². The minimum atomic E-state index is -1.07. The van der Waals surface area contributed by atoms with E-state index in [9.17, 15) is 0 Å². The van der Waals surface area contributed by atoms with Gasteiger partial charge in [0.25, 0.3) is 0 Å². The van der Waals surface area contributed by atoms with Crippen LogP contribution >= 0.6 is 15.9 Å². The van der Waals surface area contributed by atoms with Crippen molar-refractivity contribution in [1.29, 1.82) is 0 Å². The number of anilines is 1. The average Bonchev–Trinajstić information content (AvgIpc) is 2.80. The highest BCUT2D eigenvalue weighted by Gasteiger charge is 2.38. The first kappa shape index (κ1) is 21.8. The molecule has 1 atom stereocenters. The van der Waals surface area contributed by atoms with Gasteiger partial charge in [0.2, 0.25) is 5.85 Å². The van der Waals surface area contributed by atoms with E-state index in [1.54, 1.807) is 7.11 Å². The molecule has 1 aliphatic heterocycles. The molecule has 0 aromatic heterocycles. The number of fused-ring (bicyclic) bond motifs is 1. The summed E-state index contributed by atoms with van der Waals surface area (Å²) < 4.78 is 6.92. The van der Waals surface area contributed by atoms with Crippen LogP contribution in [0.3, 0.4) is 0 Å². The lowest BCUT2D eigenvalue weighted by atomic mass is 9.84. The van der Waals surface area contributed by atoms with Gasteiger partial charge in [-0.3, -0.25) is 5.73 Å². The number of methoxy groups -OCH3 is 1. The van der Waals surface area contributed by atoms with Crippen LogP contribution in [0.15, 0.2) is 83.3 Å². The Kier molecular flexibility index (Phi) is 6.91. The van der Waals surface area contributed by atoms with Gasteiger partial charge >= 0.3 is 0 Å². The number of aryl methyl sites for hydroxylation is 1. The van der Waals surface area contributed by atoms with E-state index in [0.29, 0.717) is 0 Å². The molecule has 0 aliphatic carbocycles. The van der Waals surface area contributed by atoms with Crippen LogP contribution in [0, 0.1) is 0 Å². The van der Waals surface area contributed by atoms with Gasteiger partial charge < -0.3 is 10.1 Å².